The number of nitrogens with one attached hydrogen (secondary N) is 1. The molecule has 3 rings (SSSR count). The lowest BCUT2D eigenvalue weighted by atomic mass is 10.1. The molecule has 0 aliphatic carbocycles. The Hall–Kier alpha value is -3.43. The van der Waals surface area contributed by atoms with Crippen molar-refractivity contribution < 1.29 is 31.5 Å². The predicted molar refractivity (Wildman–Crippen MR) is 97.4 cm³/mol. The molecule has 0 aliphatic rings. The van der Waals surface area contributed by atoms with Crippen LogP contribution < -0.4 is 10.1 Å². The number of carbonyl (C=O) groups excluding carboxylic acids is 1. The predicted octanol–water partition coefficient (Wildman–Crippen LogP) is 4.67. The molecule has 1 amide bonds. The lowest BCUT2D eigenvalue weighted by molar-refractivity contribution is -0.137. The fraction of sp³-hybridized carbons (Fsp3) is 0.200. The summed E-state index contributed by atoms with van der Waals surface area (Å²) in [6.45, 7) is 1.56. The molecule has 0 aliphatic heterocycles. The first-order chi connectivity index (χ1) is 14.1. The summed E-state index contributed by atoms with van der Waals surface area (Å²) in [5.74, 6) is -2.74. The Morgan fingerprint density at radius 2 is 1.87 bits per heavy atom. The minimum absolute atomic E-state index is 0.0300. The van der Waals surface area contributed by atoms with Crippen molar-refractivity contribution in [2.75, 3.05) is 7.11 Å². The Labute approximate surface area is 168 Å². The van der Waals surface area contributed by atoms with Gasteiger partial charge in [0.25, 0.3) is 5.91 Å². The van der Waals surface area contributed by atoms with Gasteiger partial charge in [-0.2, -0.15) is 18.3 Å². The molecule has 30 heavy (non-hydrogen) atoms. The third-order valence-corrected chi connectivity index (χ3v) is 4.34. The highest BCUT2D eigenvalue weighted by Gasteiger charge is 2.31. The molecule has 10 heteroatoms. The van der Waals surface area contributed by atoms with Crippen LogP contribution in [-0.4, -0.2) is 22.8 Å². The van der Waals surface area contributed by atoms with Gasteiger partial charge in [-0.15, -0.1) is 0 Å². The maximum Gasteiger partial charge on any atom is 0.416 e. The molecule has 0 bridgehead atoms. The number of hydrogen-bond donors (Lipinski definition) is 1. The second-order valence-corrected chi connectivity index (χ2v) is 6.41. The second kappa shape index (κ2) is 8.13. The number of hydrogen-bond acceptors (Lipinski definition) is 3. The molecule has 1 heterocycles. The fourth-order valence-electron chi connectivity index (χ4n) is 2.75. The highest BCUT2D eigenvalue weighted by Crippen LogP contribution is 2.31. The minimum Gasteiger partial charge on any atom is -0.493 e. The van der Waals surface area contributed by atoms with Gasteiger partial charge in [-0.1, -0.05) is 12.1 Å². The normalized spacial score (nSPS) is 12.5. The average Bonchev–Trinajstić information content (AvgIpc) is 3.14. The largest absolute Gasteiger partial charge is 0.493 e. The van der Waals surface area contributed by atoms with E-state index in [0.717, 1.165) is 28.9 Å². The van der Waals surface area contributed by atoms with E-state index in [2.05, 4.69) is 10.4 Å². The second-order valence-electron chi connectivity index (χ2n) is 6.41. The van der Waals surface area contributed by atoms with E-state index in [9.17, 15) is 26.7 Å². The van der Waals surface area contributed by atoms with Crippen molar-refractivity contribution in [3.63, 3.8) is 0 Å². The molecular formula is C20H16F5N3O2. The summed E-state index contributed by atoms with van der Waals surface area (Å²) in [6, 6.07) is 6.94. The number of methoxy groups -OCH3 is 1. The highest BCUT2D eigenvalue weighted by atomic mass is 19.4. The SMILES string of the molecule is COc1cn(-c2cccc(C(F)(F)F)c2)nc1C(=O)NC(C)c1ccc(F)c(F)c1. The van der Waals surface area contributed by atoms with Crippen molar-refractivity contribution >= 4 is 5.91 Å². The Morgan fingerprint density at radius 3 is 2.50 bits per heavy atom. The van der Waals surface area contributed by atoms with Crippen LogP contribution in [0, 0.1) is 11.6 Å². The number of amides is 1. The third kappa shape index (κ3) is 4.42. The van der Waals surface area contributed by atoms with Crippen LogP contribution in [0.4, 0.5) is 22.0 Å². The van der Waals surface area contributed by atoms with E-state index in [0.29, 0.717) is 5.56 Å². The number of halogens is 5. The van der Waals surface area contributed by atoms with E-state index < -0.39 is 35.3 Å². The minimum atomic E-state index is -4.53. The fourth-order valence-corrected chi connectivity index (χ4v) is 2.75. The zero-order valence-corrected chi connectivity index (χ0v) is 15.8. The number of nitrogens with zero attached hydrogens (tertiary/aromatic N) is 2. The molecule has 0 spiro atoms. The molecule has 5 nitrogen and oxygen atoms in total. The molecule has 158 valence electrons. The van der Waals surface area contributed by atoms with Gasteiger partial charge in [0.15, 0.2) is 23.1 Å². The van der Waals surface area contributed by atoms with E-state index in [1.54, 1.807) is 6.92 Å². The number of carbonyl (C=O) groups is 1. The summed E-state index contributed by atoms with van der Waals surface area (Å²) in [6.07, 6.45) is -3.26. The zero-order valence-electron chi connectivity index (χ0n) is 15.8. The summed E-state index contributed by atoms with van der Waals surface area (Å²) in [7, 11) is 1.28. The maximum absolute atomic E-state index is 13.4. The molecule has 0 fully saturated rings. The first-order valence-corrected chi connectivity index (χ1v) is 8.67. The van der Waals surface area contributed by atoms with Crippen molar-refractivity contribution in [3.05, 3.63) is 77.1 Å². The lowest BCUT2D eigenvalue weighted by Gasteiger charge is -2.14. The number of aromatic nitrogens is 2. The van der Waals surface area contributed by atoms with Crippen LogP contribution in [0.3, 0.4) is 0 Å². The van der Waals surface area contributed by atoms with Crippen molar-refractivity contribution in [1.82, 2.24) is 15.1 Å². The first kappa shape index (κ1) is 21.3. The number of alkyl halides is 3. The van der Waals surface area contributed by atoms with Gasteiger partial charge in [-0.05, 0) is 42.8 Å². The van der Waals surface area contributed by atoms with E-state index in [1.807, 2.05) is 0 Å². The van der Waals surface area contributed by atoms with Gasteiger partial charge in [0.1, 0.15) is 0 Å². The summed E-state index contributed by atoms with van der Waals surface area (Å²) >= 11 is 0. The van der Waals surface area contributed by atoms with Gasteiger partial charge in [-0.3, -0.25) is 4.79 Å². The van der Waals surface area contributed by atoms with Crippen LogP contribution in [0.2, 0.25) is 0 Å². The van der Waals surface area contributed by atoms with Crippen LogP contribution in [-0.2, 0) is 6.18 Å². The lowest BCUT2D eigenvalue weighted by Crippen LogP contribution is -2.27. The number of benzene rings is 2. The Balaban J connectivity index is 1.87. The monoisotopic (exact) mass is 425 g/mol. The molecule has 1 atom stereocenters. The molecule has 2 aromatic carbocycles. The van der Waals surface area contributed by atoms with Crippen LogP contribution in [0.25, 0.3) is 5.69 Å². The summed E-state index contributed by atoms with van der Waals surface area (Å²) in [4.78, 5) is 12.6. The zero-order chi connectivity index (χ0) is 22.1. The van der Waals surface area contributed by atoms with E-state index in [4.69, 9.17) is 4.74 Å². The molecular weight excluding hydrogens is 409 g/mol. The summed E-state index contributed by atoms with van der Waals surface area (Å²) < 4.78 is 71.6. The number of ether oxygens (including phenoxy) is 1. The van der Waals surface area contributed by atoms with E-state index >= 15 is 0 Å². The van der Waals surface area contributed by atoms with Crippen LogP contribution >= 0.6 is 0 Å². The van der Waals surface area contributed by atoms with Crippen LogP contribution in [0.5, 0.6) is 5.75 Å². The molecule has 3 aromatic rings. The van der Waals surface area contributed by atoms with Crippen LogP contribution in [0.1, 0.15) is 34.6 Å². The van der Waals surface area contributed by atoms with Gasteiger partial charge in [-0.25, -0.2) is 13.5 Å². The molecule has 0 radical (unpaired) electrons. The Bertz CT molecular complexity index is 1080. The topological polar surface area (TPSA) is 56.2 Å². The summed E-state index contributed by atoms with van der Waals surface area (Å²) in [5, 5.41) is 6.60. The van der Waals surface area contributed by atoms with Gasteiger partial charge in [0, 0.05) is 0 Å². The average molecular weight is 425 g/mol. The highest BCUT2D eigenvalue weighted by molar-refractivity contribution is 5.95. The van der Waals surface area contributed by atoms with Gasteiger partial charge in [0.05, 0.1) is 30.6 Å². The molecule has 1 aromatic heterocycles. The van der Waals surface area contributed by atoms with E-state index in [1.165, 1.54) is 31.5 Å². The van der Waals surface area contributed by atoms with Gasteiger partial charge in [0.2, 0.25) is 0 Å². The maximum atomic E-state index is 13.4. The van der Waals surface area contributed by atoms with Gasteiger partial charge >= 0.3 is 6.18 Å². The molecule has 1 N–H and O–H groups in total. The van der Waals surface area contributed by atoms with Crippen molar-refractivity contribution in [2.45, 2.75) is 19.1 Å². The van der Waals surface area contributed by atoms with Crippen molar-refractivity contribution in [3.8, 4) is 11.4 Å². The summed E-state index contributed by atoms with van der Waals surface area (Å²) in [5.41, 5.74) is -0.647. The third-order valence-electron chi connectivity index (χ3n) is 4.34. The van der Waals surface area contributed by atoms with Gasteiger partial charge < -0.3 is 10.1 Å². The van der Waals surface area contributed by atoms with Crippen molar-refractivity contribution in [1.29, 1.82) is 0 Å². The quantitative estimate of drug-likeness (QED) is 0.605. The molecule has 1 unspecified atom stereocenters. The molecule has 0 saturated carbocycles. The smallest absolute Gasteiger partial charge is 0.416 e. The van der Waals surface area contributed by atoms with Crippen LogP contribution in [0.15, 0.2) is 48.7 Å². The standard InChI is InChI=1S/C20H16F5N3O2/c1-11(12-6-7-15(21)16(22)8-12)26-19(29)18-17(30-2)10-28(27-18)14-5-3-4-13(9-14)20(23,24)25/h3-11H,1-2H3,(H,26,29). The Morgan fingerprint density at radius 1 is 1.13 bits per heavy atom. The van der Waals surface area contributed by atoms with E-state index in [-0.39, 0.29) is 17.1 Å². The first-order valence-electron chi connectivity index (χ1n) is 8.67. The molecule has 0 saturated heterocycles. The van der Waals surface area contributed by atoms with Crippen molar-refractivity contribution in [2.24, 2.45) is 0 Å². The Kier molecular flexibility index (Phi) is 5.77. The number of rotatable bonds is 5.